The molecule has 7 atom stereocenters. The van der Waals surface area contributed by atoms with Crippen LogP contribution in [0.15, 0.2) is 23.3 Å². The zero-order valence-corrected chi connectivity index (χ0v) is 15.0. The summed E-state index contributed by atoms with van der Waals surface area (Å²) < 4.78 is 0. The quantitative estimate of drug-likeness (QED) is 0.728. The van der Waals surface area contributed by atoms with Gasteiger partial charge in [-0.15, -0.1) is 0 Å². The van der Waals surface area contributed by atoms with Crippen molar-refractivity contribution in [3.8, 4) is 0 Å². The van der Waals surface area contributed by atoms with Gasteiger partial charge >= 0.3 is 0 Å². The molecule has 0 aromatic rings. The van der Waals surface area contributed by atoms with E-state index < -0.39 is 6.10 Å². The fraction of sp³-hybridized carbons (Fsp3) is 0.810. The third kappa shape index (κ3) is 2.21. The van der Waals surface area contributed by atoms with Gasteiger partial charge in [0.2, 0.25) is 0 Å². The van der Waals surface area contributed by atoms with Crippen LogP contribution in [-0.4, -0.2) is 34.1 Å². The lowest BCUT2D eigenvalue weighted by Gasteiger charge is -2.55. The zero-order valence-electron chi connectivity index (χ0n) is 15.0. The molecular weight excluding hydrogens is 300 g/mol. The number of allylic oxidation sites excluding steroid dienone is 3. The van der Waals surface area contributed by atoms with E-state index in [2.05, 4.69) is 26.0 Å². The molecule has 3 fully saturated rings. The van der Waals surface area contributed by atoms with Crippen LogP contribution in [0.4, 0.5) is 0 Å². The van der Waals surface area contributed by atoms with Crippen molar-refractivity contribution in [3.05, 3.63) is 23.3 Å². The highest BCUT2D eigenvalue weighted by Gasteiger charge is 2.57. The van der Waals surface area contributed by atoms with Crippen molar-refractivity contribution in [3.63, 3.8) is 0 Å². The van der Waals surface area contributed by atoms with Gasteiger partial charge in [-0.2, -0.15) is 0 Å². The lowest BCUT2D eigenvalue weighted by Crippen LogP contribution is -2.47. The molecule has 1 unspecified atom stereocenters. The first-order chi connectivity index (χ1) is 11.4. The van der Waals surface area contributed by atoms with Gasteiger partial charge in [0.25, 0.3) is 0 Å². The van der Waals surface area contributed by atoms with E-state index in [1.165, 1.54) is 12.0 Å². The van der Waals surface area contributed by atoms with E-state index in [0.717, 1.165) is 38.5 Å². The third-order valence-electron chi connectivity index (χ3n) is 8.27. The largest absolute Gasteiger partial charge is 0.394 e. The maximum atomic E-state index is 10.3. The molecule has 0 heterocycles. The summed E-state index contributed by atoms with van der Waals surface area (Å²) in [6.07, 6.45) is 11.3. The molecule has 4 aliphatic carbocycles. The van der Waals surface area contributed by atoms with Gasteiger partial charge in [-0.3, -0.25) is 0 Å². The van der Waals surface area contributed by atoms with Gasteiger partial charge in [0.1, 0.15) is 0 Å². The molecule has 0 saturated heterocycles. The molecule has 134 valence electrons. The first kappa shape index (κ1) is 16.8. The van der Waals surface area contributed by atoms with Gasteiger partial charge in [-0.05, 0) is 73.5 Å². The average Bonchev–Trinajstić information content (AvgIpc) is 2.92. The molecule has 4 aliphatic rings. The summed E-state index contributed by atoms with van der Waals surface area (Å²) in [4.78, 5) is 0. The van der Waals surface area contributed by atoms with Crippen LogP contribution in [0.2, 0.25) is 0 Å². The average molecular weight is 332 g/mol. The van der Waals surface area contributed by atoms with E-state index in [1.807, 2.05) is 0 Å². The molecule has 3 saturated carbocycles. The van der Waals surface area contributed by atoms with E-state index in [4.69, 9.17) is 0 Å². The van der Waals surface area contributed by atoms with Crippen LogP contribution in [0.1, 0.15) is 58.8 Å². The third-order valence-corrected chi connectivity index (χ3v) is 8.27. The maximum absolute atomic E-state index is 10.3. The van der Waals surface area contributed by atoms with Crippen LogP contribution < -0.4 is 0 Å². The Kier molecular flexibility index (Phi) is 3.98. The van der Waals surface area contributed by atoms with E-state index >= 15 is 0 Å². The fourth-order valence-corrected chi connectivity index (χ4v) is 6.78. The first-order valence-corrected chi connectivity index (χ1v) is 9.78. The molecule has 0 spiro atoms. The number of aliphatic hydroxyl groups is 3. The Labute approximate surface area is 145 Å². The molecule has 0 aromatic heterocycles. The van der Waals surface area contributed by atoms with Gasteiger partial charge in [0, 0.05) is 0 Å². The van der Waals surface area contributed by atoms with Crippen molar-refractivity contribution in [1.29, 1.82) is 0 Å². The molecule has 3 N–H and O–H groups in total. The summed E-state index contributed by atoms with van der Waals surface area (Å²) in [7, 11) is 0. The SMILES string of the molecule is C[C@]12CC[C@H]3C(=CC=C4CC(O)CC[C@@]43C)[C@@H]1CC[C@@H]2[C@H](O)CO. The maximum Gasteiger partial charge on any atom is 0.0804 e. The van der Waals surface area contributed by atoms with Crippen molar-refractivity contribution in [1.82, 2.24) is 0 Å². The van der Waals surface area contributed by atoms with Crippen molar-refractivity contribution >= 4 is 0 Å². The standard InChI is InChI=1S/C21H32O3/c1-20-9-7-14(23)11-13(20)3-4-15-16-5-6-18(19(24)12-22)21(16,2)10-8-17(15)20/h3-4,14,16-19,22-24H,5-12H2,1-2H3/t14?,16-,17-,18+,19+,20-,21-/m0/s1. The molecule has 0 aromatic carbocycles. The number of hydrogen-bond donors (Lipinski definition) is 3. The monoisotopic (exact) mass is 332 g/mol. The van der Waals surface area contributed by atoms with Crippen LogP contribution >= 0.6 is 0 Å². The first-order valence-electron chi connectivity index (χ1n) is 9.78. The van der Waals surface area contributed by atoms with Gasteiger partial charge < -0.3 is 15.3 Å². The summed E-state index contributed by atoms with van der Waals surface area (Å²) in [6, 6.07) is 0. The van der Waals surface area contributed by atoms with E-state index in [0.29, 0.717) is 11.8 Å². The second kappa shape index (κ2) is 5.69. The van der Waals surface area contributed by atoms with Crippen molar-refractivity contribution < 1.29 is 15.3 Å². The van der Waals surface area contributed by atoms with Crippen LogP contribution in [-0.2, 0) is 0 Å². The highest BCUT2D eigenvalue weighted by atomic mass is 16.3. The molecule has 0 bridgehead atoms. The van der Waals surface area contributed by atoms with E-state index in [9.17, 15) is 15.3 Å². The van der Waals surface area contributed by atoms with Crippen LogP contribution in [0.5, 0.6) is 0 Å². The van der Waals surface area contributed by atoms with Gasteiger partial charge in [0.05, 0.1) is 18.8 Å². The summed E-state index contributed by atoms with van der Waals surface area (Å²) >= 11 is 0. The zero-order chi connectivity index (χ0) is 17.1. The number of hydrogen-bond acceptors (Lipinski definition) is 3. The Morgan fingerprint density at radius 3 is 2.62 bits per heavy atom. The number of rotatable bonds is 2. The Balaban J connectivity index is 1.68. The number of fused-ring (bicyclic) bond motifs is 5. The van der Waals surface area contributed by atoms with Gasteiger partial charge in [0.15, 0.2) is 0 Å². The van der Waals surface area contributed by atoms with E-state index in [-0.39, 0.29) is 29.5 Å². The van der Waals surface area contributed by atoms with Gasteiger partial charge in [-0.1, -0.05) is 37.1 Å². The molecular formula is C21H32O3. The molecule has 3 nitrogen and oxygen atoms in total. The smallest absolute Gasteiger partial charge is 0.0804 e. The van der Waals surface area contributed by atoms with Crippen molar-refractivity contribution in [2.45, 2.75) is 71.0 Å². The normalized spacial score (nSPS) is 48.7. The molecule has 3 heteroatoms. The minimum atomic E-state index is -0.577. The summed E-state index contributed by atoms with van der Waals surface area (Å²) in [5, 5.41) is 29.8. The topological polar surface area (TPSA) is 60.7 Å². The number of aliphatic hydroxyl groups excluding tert-OH is 3. The second-order valence-electron chi connectivity index (χ2n) is 9.26. The minimum absolute atomic E-state index is 0.116. The van der Waals surface area contributed by atoms with Crippen LogP contribution in [0, 0.1) is 28.6 Å². The summed E-state index contributed by atoms with van der Waals surface area (Å²) in [6.45, 7) is 4.65. The Hall–Kier alpha value is -0.640. The highest BCUT2D eigenvalue weighted by Crippen LogP contribution is 2.65. The minimum Gasteiger partial charge on any atom is -0.394 e. The van der Waals surface area contributed by atoms with Crippen molar-refractivity contribution in [2.24, 2.45) is 28.6 Å². The van der Waals surface area contributed by atoms with Gasteiger partial charge in [-0.25, -0.2) is 0 Å². The second-order valence-corrected chi connectivity index (χ2v) is 9.26. The lowest BCUT2D eigenvalue weighted by atomic mass is 9.50. The Bertz CT molecular complexity index is 580. The fourth-order valence-electron chi connectivity index (χ4n) is 6.78. The molecule has 4 rings (SSSR count). The predicted octanol–water partition coefficient (Wildman–Crippen LogP) is 3.20. The predicted molar refractivity (Wildman–Crippen MR) is 94.3 cm³/mol. The molecule has 0 aliphatic heterocycles. The Morgan fingerprint density at radius 2 is 1.88 bits per heavy atom. The highest BCUT2D eigenvalue weighted by molar-refractivity contribution is 5.38. The lowest BCUT2D eigenvalue weighted by molar-refractivity contribution is -0.0253. The summed E-state index contributed by atoms with van der Waals surface area (Å²) in [5.74, 6) is 1.37. The summed E-state index contributed by atoms with van der Waals surface area (Å²) in [5.41, 5.74) is 3.39. The van der Waals surface area contributed by atoms with E-state index in [1.54, 1.807) is 5.57 Å². The molecule has 0 amide bonds. The molecule has 24 heavy (non-hydrogen) atoms. The van der Waals surface area contributed by atoms with Crippen molar-refractivity contribution in [2.75, 3.05) is 6.61 Å². The van der Waals surface area contributed by atoms with Crippen LogP contribution in [0.25, 0.3) is 0 Å². The van der Waals surface area contributed by atoms with Crippen LogP contribution in [0.3, 0.4) is 0 Å². The Morgan fingerprint density at radius 1 is 1.08 bits per heavy atom. The molecule has 0 radical (unpaired) electrons.